The molecular formula is C10H12N2O2. The minimum Gasteiger partial charge on any atom is -0.321 e. The summed E-state index contributed by atoms with van der Waals surface area (Å²) in [4.78, 5) is 10.3. The third-order valence-electron chi connectivity index (χ3n) is 2.00. The van der Waals surface area contributed by atoms with Crippen molar-refractivity contribution in [3.63, 3.8) is 0 Å². The lowest BCUT2D eigenvalue weighted by atomic mass is 10.0. The molecule has 0 spiro atoms. The van der Waals surface area contributed by atoms with Crippen LogP contribution in [0.3, 0.4) is 0 Å². The molecular weight excluding hydrogens is 180 g/mol. The summed E-state index contributed by atoms with van der Waals surface area (Å²) in [7, 11) is 0. The molecule has 0 bridgehead atoms. The lowest BCUT2D eigenvalue weighted by Gasteiger charge is -2.07. The smallest absolute Gasteiger partial charge is 0.274 e. The summed E-state index contributed by atoms with van der Waals surface area (Å²) in [5.41, 5.74) is 7.05. The molecule has 1 aromatic carbocycles. The summed E-state index contributed by atoms with van der Waals surface area (Å²) in [6.45, 7) is 5.31. The van der Waals surface area contributed by atoms with Crippen molar-refractivity contribution in [1.29, 1.82) is 0 Å². The van der Waals surface area contributed by atoms with Gasteiger partial charge in [-0.3, -0.25) is 10.1 Å². The molecule has 4 nitrogen and oxygen atoms in total. The average Bonchev–Trinajstić information content (AvgIpc) is 2.16. The Morgan fingerprint density at radius 1 is 1.64 bits per heavy atom. The lowest BCUT2D eigenvalue weighted by molar-refractivity contribution is -0.385. The summed E-state index contributed by atoms with van der Waals surface area (Å²) in [5.74, 6) is 0. The molecule has 0 heterocycles. The van der Waals surface area contributed by atoms with E-state index in [4.69, 9.17) is 5.73 Å². The van der Waals surface area contributed by atoms with E-state index in [9.17, 15) is 10.1 Å². The van der Waals surface area contributed by atoms with E-state index in [-0.39, 0.29) is 5.69 Å². The minimum atomic E-state index is -0.490. The molecule has 0 aliphatic rings. The van der Waals surface area contributed by atoms with Crippen LogP contribution in [0.15, 0.2) is 30.9 Å². The van der Waals surface area contributed by atoms with Crippen molar-refractivity contribution in [2.24, 2.45) is 5.73 Å². The van der Waals surface area contributed by atoms with Crippen LogP contribution in [0.25, 0.3) is 0 Å². The van der Waals surface area contributed by atoms with Crippen LogP contribution in [0.5, 0.6) is 0 Å². The van der Waals surface area contributed by atoms with Crippen LogP contribution in [-0.2, 0) is 0 Å². The first-order valence-corrected chi connectivity index (χ1v) is 4.19. The molecule has 0 radical (unpaired) electrons. The van der Waals surface area contributed by atoms with Gasteiger partial charge in [0.05, 0.1) is 16.5 Å². The van der Waals surface area contributed by atoms with Gasteiger partial charge in [-0.05, 0) is 18.6 Å². The number of nitrogens with two attached hydrogens (primary N) is 1. The van der Waals surface area contributed by atoms with Crippen LogP contribution in [0.2, 0.25) is 0 Å². The predicted molar refractivity (Wildman–Crippen MR) is 55.0 cm³/mol. The van der Waals surface area contributed by atoms with Crippen molar-refractivity contribution < 1.29 is 4.92 Å². The zero-order chi connectivity index (χ0) is 10.7. The van der Waals surface area contributed by atoms with Gasteiger partial charge in [-0.1, -0.05) is 12.1 Å². The monoisotopic (exact) mass is 192 g/mol. The molecule has 0 aromatic heterocycles. The summed E-state index contributed by atoms with van der Waals surface area (Å²) in [5, 5.41) is 10.7. The lowest BCUT2D eigenvalue weighted by Crippen LogP contribution is -2.09. The average molecular weight is 192 g/mol. The molecule has 0 aliphatic heterocycles. The first kappa shape index (κ1) is 10.4. The van der Waals surface area contributed by atoms with Crippen LogP contribution >= 0.6 is 0 Å². The van der Waals surface area contributed by atoms with Crippen LogP contribution in [-0.4, -0.2) is 4.92 Å². The summed E-state index contributed by atoms with van der Waals surface area (Å²) in [6.07, 6.45) is 1.48. The quantitative estimate of drug-likeness (QED) is 0.453. The molecule has 14 heavy (non-hydrogen) atoms. The van der Waals surface area contributed by atoms with E-state index < -0.39 is 11.0 Å². The number of hydrogen-bond acceptors (Lipinski definition) is 3. The van der Waals surface area contributed by atoms with Crippen molar-refractivity contribution in [1.82, 2.24) is 0 Å². The standard InChI is InChI=1S/C10H12N2O2/c1-3-9(11)8-5-4-7(2)6-10(8)12(13)14/h3-6,9H,1,11H2,2H3/t9-/m1/s1. The van der Waals surface area contributed by atoms with Crippen LogP contribution in [0, 0.1) is 17.0 Å². The molecule has 0 saturated carbocycles. The highest BCUT2D eigenvalue weighted by atomic mass is 16.6. The second kappa shape index (κ2) is 4.02. The third kappa shape index (κ3) is 1.97. The van der Waals surface area contributed by atoms with Gasteiger partial charge >= 0.3 is 0 Å². The number of aryl methyl sites for hydroxylation is 1. The van der Waals surface area contributed by atoms with Gasteiger partial charge in [0, 0.05) is 6.07 Å². The fourth-order valence-electron chi connectivity index (χ4n) is 1.22. The normalized spacial score (nSPS) is 12.1. The Labute approximate surface area is 82.2 Å². The van der Waals surface area contributed by atoms with E-state index >= 15 is 0 Å². The summed E-state index contributed by atoms with van der Waals surface area (Å²) >= 11 is 0. The largest absolute Gasteiger partial charge is 0.321 e. The zero-order valence-corrected chi connectivity index (χ0v) is 7.93. The molecule has 0 saturated heterocycles. The first-order valence-electron chi connectivity index (χ1n) is 4.19. The highest BCUT2D eigenvalue weighted by Crippen LogP contribution is 2.25. The molecule has 2 N–H and O–H groups in total. The van der Waals surface area contributed by atoms with E-state index in [1.165, 1.54) is 12.1 Å². The van der Waals surface area contributed by atoms with Gasteiger partial charge in [0.1, 0.15) is 0 Å². The third-order valence-corrected chi connectivity index (χ3v) is 2.00. The number of nitrogens with zero attached hydrogens (tertiary/aromatic N) is 1. The van der Waals surface area contributed by atoms with Gasteiger partial charge in [0.2, 0.25) is 0 Å². The molecule has 1 atom stereocenters. The van der Waals surface area contributed by atoms with Crippen LogP contribution in [0.1, 0.15) is 17.2 Å². The van der Waals surface area contributed by atoms with Gasteiger partial charge < -0.3 is 5.73 Å². The number of rotatable bonds is 3. The van der Waals surface area contributed by atoms with Crippen LogP contribution < -0.4 is 5.73 Å². The SMILES string of the molecule is C=C[C@@H](N)c1ccc(C)cc1[N+](=O)[O-]. The van der Waals surface area contributed by atoms with E-state index in [0.717, 1.165) is 5.56 Å². The molecule has 1 rings (SSSR count). The maximum atomic E-state index is 10.7. The Morgan fingerprint density at radius 3 is 2.79 bits per heavy atom. The van der Waals surface area contributed by atoms with Crippen molar-refractivity contribution in [2.75, 3.05) is 0 Å². The van der Waals surface area contributed by atoms with Gasteiger partial charge in [-0.2, -0.15) is 0 Å². The van der Waals surface area contributed by atoms with Crippen molar-refractivity contribution in [3.8, 4) is 0 Å². The Hall–Kier alpha value is -1.68. The van der Waals surface area contributed by atoms with E-state index in [0.29, 0.717) is 5.56 Å². The summed E-state index contributed by atoms with van der Waals surface area (Å²) in [6, 6.07) is 4.49. The second-order valence-corrected chi connectivity index (χ2v) is 3.08. The number of nitro groups is 1. The number of nitro benzene ring substituents is 1. The summed E-state index contributed by atoms with van der Waals surface area (Å²) < 4.78 is 0. The topological polar surface area (TPSA) is 69.2 Å². The van der Waals surface area contributed by atoms with Crippen LogP contribution in [0.4, 0.5) is 5.69 Å². The van der Waals surface area contributed by atoms with Gasteiger partial charge in [-0.15, -0.1) is 6.58 Å². The fraction of sp³-hybridized carbons (Fsp3) is 0.200. The van der Waals surface area contributed by atoms with Gasteiger partial charge in [0.15, 0.2) is 0 Å². The Morgan fingerprint density at radius 2 is 2.29 bits per heavy atom. The van der Waals surface area contributed by atoms with E-state index in [1.807, 2.05) is 0 Å². The van der Waals surface area contributed by atoms with Gasteiger partial charge in [-0.25, -0.2) is 0 Å². The molecule has 74 valence electrons. The van der Waals surface area contributed by atoms with Crippen molar-refractivity contribution in [2.45, 2.75) is 13.0 Å². The minimum absolute atomic E-state index is 0.0531. The molecule has 4 heteroatoms. The fourth-order valence-corrected chi connectivity index (χ4v) is 1.22. The van der Waals surface area contributed by atoms with E-state index in [1.54, 1.807) is 19.1 Å². The second-order valence-electron chi connectivity index (χ2n) is 3.08. The Bertz CT molecular complexity index is 374. The highest BCUT2D eigenvalue weighted by molar-refractivity contribution is 5.45. The van der Waals surface area contributed by atoms with E-state index in [2.05, 4.69) is 6.58 Å². The molecule has 0 aliphatic carbocycles. The maximum absolute atomic E-state index is 10.7. The van der Waals surface area contributed by atoms with Crippen molar-refractivity contribution >= 4 is 5.69 Å². The highest BCUT2D eigenvalue weighted by Gasteiger charge is 2.16. The number of benzene rings is 1. The zero-order valence-electron chi connectivity index (χ0n) is 7.93. The predicted octanol–water partition coefficient (Wildman–Crippen LogP) is 2.09. The first-order chi connectivity index (χ1) is 6.56. The molecule has 0 amide bonds. The Kier molecular flexibility index (Phi) is 2.99. The molecule has 1 aromatic rings. The molecule has 0 fully saturated rings. The molecule has 0 unspecified atom stereocenters. The maximum Gasteiger partial charge on any atom is 0.274 e. The van der Waals surface area contributed by atoms with Gasteiger partial charge in [0.25, 0.3) is 5.69 Å². The van der Waals surface area contributed by atoms with Crippen molar-refractivity contribution in [3.05, 3.63) is 52.1 Å². The Balaban J connectivity index is 3.28. The number of hydrogen-bond donors (Lipinski definition) is 1.